The lowest BCUT2D eigenvalue weighted by molar-refractivity contribution is 0.0938. The van der Waals surface area contributed by atoms with Crippen LogP contribution in [0.5, 0.6) is 5.75 Å². The number of rotatable bonds is 5. The van der Waals surface area contributed by atoms with E-state index in [0.717, 1.165) is 6.42 Å². The molecule has 1 unspecified atom stereocenters. The predicted molar refractivity (Wildman–Crippen MR) is 64.8 cm³/mol. The van der Waals surface area contributed by atoms with Crippen molar-refractivity contribution in [3.8, 4) is 5.75 Å². The van der Waals surface area contributed by atoms with Gasteiger partial charge >= 0.3 is 0 Å². The molecule has 4 heteroatoms. The van der Waals surface area contributed by atoms with Crippen molar-refractivity contribution in [1.29, 1.82) is 0 Å². The second-order valence-electron chi connectivity index (χ2n) is 3.86. The predicted octanol–water partition coefficient (Wildman–Crippen LogP) is 2.75. The van der Waals surface area contributed by atoms with Gasteiger partial charge in [-0.15, -0.1) is 0 Å². The van der Waals surface area contributed by atoms with Crippen LogP contribution in [-0.4, -0.2) is 18.6 Å². The second kappa shape index (κ2) is 6.23. The highest BCUT2D eigenvalue weighted by molar-refractivity contribution is 5.94. The summed E-state index contributed by atoms with van der Waals surface area (Å²) in [6, 6.07) is 4.32. The maximum Gasteiger partial charge on any atom is 0.251 e. The average Bonchev–Trinajstić information content (AvgIpc) is 2.31. The summed E-state index contributed by atoms with van der Waals surface area (Å²) >= 11 is 0. The summed E-state index contributed by atoms with van der Waals surface area (Å²) in [5, 5.41) is 2.78. The van der Waals surface area contributed by atoms with Crippen molar-refractivity contribution < 1.29 is 13.9 Å². The van der Waals surface area contributed by atoms with Crippen LogP contribution in [0.3, 0.4) is 0 Å². The van der Waals surface area contributed by atoms with Gasteiger partial charge in [0.1, 0.15) is 0 Å². The van der Waals surface area contributed by atoms with E-state index in [4.69, 9.17) is 4.74 Å². The molecule has 1 atom stereocenters. The first-order valence-corrected chi connectivity index (χ1v) is 5.81. The van der Waals surface area contributed by atoms with Crippen LogP contribution in [0.15, 0.2) is 18.2 Å². The van der Waals surface area contributed by atoms with Crippen LogP contribution in [0.2, 0.25) is 0 Å². The van der Waals surface area contributed by atoms with E-state index in [9.17, 15) is 9.18 Å². The highest BCUT2D eigenvalue weighted by Crippen LogP contribution is 2.18. The molecule has 3 nitrogen and oxygen atoms in total. The molecule has 0 aromatic heterocycles. The van der Waals surface area contributed by atoms with Crippen LogP contribution >= 0.6 is 0 Å². The van der Waals surface area contributed by atoms with Crippen LogP contribution in [0, 0.1) is 5.82 Å². The van der Waals surface area contributed by atoms with E-state index in [2.05, 4.69) is 5.32 Å². The third-order valence-corrected chi connectivity index (χ3v) is 2.48. The molecular weight excluding hydrogens is 221 g/mol. The summed E-state index contributed by atoms with van der Waals surface area (Å²) in [6.07, 6.45) is 0.839. The van der Waals surface area contributed by atoms with Crippen LogP contribution in [0.4, 0.5) is 4.39 Å². The van der Waals surface area contributed by atoms with Gasteiger partial charge in [0.25, 0.3) is 5.91 Å². The molecule has 17 heavy (non-hydrogen) atoms. The van der Waals surface area contributed by atoms with Crippen molar-refractivity contribution in [2.24, 2.45) is 0 Å². The van der Waals surface area contributed by atoms with Gasteiger partial charge < -0.3 is 10.1 Å². The Balaban J connectivity index is 2.79. The number of hydrogen-bond donors (Lipinski definition) is 1. The number of hydrogen-bond acceptors (Lipinski definition) is 2. The minimum Gasteiger partial charge on any atom is -0.491 e. The van der Waals surface area contributed by atoms with Gasteiger partial charge in [-0.05, 0) is 38.5 Å². The van der Waals surface area contributed by atoms with E-state index < -0.39 is 5.82 Å². The van der Waals surface area contributed by atoms with Gasteiger partial charge in [-0.1, -0.05) is 6.92 Å². The molecule has 1 rings (SSSR count). The van der Waals surface area contributed by atoms with E-state index in [-0.39, 0.29) is 17.7 Å². The highest BCUT2D eigenvalue weighted by atomic mass is 19.1. The van der Waals surface area contributed by atoms with Crippen molar-refractivity contribution in [3.63, 3.8) is 0 Å². The van der Waals surface area contributed by atoms with Crippen molar-refractivity contribution in [3.05, 3.63) is 29.6 Å². The Morgan fingerprint density at radius 3 is 2.71 bits per heavy atom. The van der Waals surface area contributed by atoms with E-state index in [1.165, 1.54) is 12.1 Å². The largest absolute Gasteiger partial charge is 0.491 e. The molecule has 0 heterocycles. The Hall–Kier alpha value is -1.58. The number of amides is 1. The van der Waals surface area contributed by atoms with Gasteiger partial charge in [-0.2, -0.15) is 0 Å². The van der Waals surface area contributed by atoms with Crippen LogP contribution in [0.1, 0.15) is 37.6 Å². The van der Waals surface area contributed by atoms with E-state index >= 15 is 0 Å². The SMILES string of the molecule is CCOc1ccc(C(=O)NC(C)CC)cc1F. The summed E-state index contributed by atoms with van der Waals surface area (Å²) in [6.45, 7) is 6.06. The summed E-state index contributed by atoms with van der Waals surface area (Å²) in [4.78, 5) is 11.7. The molecule has 1 amide bonds. The minimum absolute atomic E-state index is 0.0807. The van der Waals surface area contributed by atoms with Crippen LogP contribution in [-0.2, 0) is 0 Å². The van der Waals surface area contributed by atoms with Crippen LogP contribution < -0.4 is 10.1 Å². The molecule has 0 aliphatic rings. The third-order valence-electron chi connectivity index (χ3n) is 2.48. The number of ether oxygens (including phenoxy) is 1. The molecule has 0 saturated heterocycles. The van der Waals surface area contributed by atoms with Gasteiger partial charge in [0.05, 0.1) is 6.61 Å². The second-order valence-corrected chi connectivity index (χ2v) is 3.86. The molecule has 0 aliphatic heterocycles. The van der Waals surface area contributed by atoms with Crippen molar-refractivity contribution in [1.82, 2.24) is 5.32 Å². The lowest BCUT2D eigenvalue weighted by Crippen LogP contribution is -2.31. The lowest BCUT2D eigenvalue weighted by Gasteiger charge is -2.12. The van der Waals surface area contributed by atoms with E-state index in [1.807, 2.05) is 13.8 Å². The molecule has 0 radical (unpaired) electrons. The molecule has 94 valence electrons. The summed E-state index contributed by atoms with van der Waals surface area (Å²) in [5.41, 5.74) is 0.311. The van der Waals surface area contributed by atoms with Crippen LogP contribution in [0.25, 0.3) is 0 Å². The number of carbonyl (C=O) groups excluding carboxylic acids is 1. The topological polar surface area (TPSA) is 38.3 Å². The molecular formula is C13H18FNO2. The maximum absolute atomic E-state index is 13.5. The zero-order valence-electron chi connectivity index (χ0n) is 10.4. The summed E-state index contributed by atoms with van der Waals surface area (Å²) in [7, 11) is 0. The Morgan fingerprint density at radius 2 is 2.18 bits per heavy atom. The zero-order chi connectivity index (χ0) is 12.8. The smallest absolute Gasteiger partial charge is 0.251 e. The first-order chi connectivity index (χ1) is 8.08. The number of carbonyl (C=O) groups is 1. The maximum atomic E-state index is 13.5. The fourth-order valence-electron chi connectivity index (χ4n) is 1.32. The number of nitrogens with one attached hydrogen (secondary N) is 1. The normalized spacial score (nSPS) is 12.0. The summed E-state index contributed by atoms with van der Waals surface area (Å²) < 4.78 is 18.6. The Labute approximate surface area is 101 Å². The van der Waals surface area contributed by atoms with Gasteiger partial charge in [-0.3, -0.25) is 4.79 Å². The highest BCUT2D eigenvalue weighted by Gasteiger charge is 2.11. The quantitative estimate of drug-likeness (QED) is 0.858. The fourth-order valence-corrected chi connectivity index (χ4v) is 1.32. The molecule has 0 bridgehead atoms. The average molecular weight is 239 g/mol. The first-order valence-electron chi connectivity index (χ1n) is 5.81. The molecule has 0 spiro atoms. The molecule has 1 aromatic carbocycles. The zero-order valence-corrected chi connectivity index (χ0v) is 10.4. The lowest BCUT2D eigenvalue weighted by atomic mass is 10.1. The molecule has 0 aliphatic carbocycles. The Morgan fingerprint density at radius 1 is 1.47 bits per heavy atom. The van der Waals surface area contributed by atoms with Gasteiger partial charge in [0, 0.05) is 11.6 Å². The first kappa shape index (κ1) is 13.5. The molecule has 0 fully saturated rings. The number of benzene rings is 1. The Kier molecular flexibility index (Phi) is 4.94. The van der Waals surface area contributed by atoms with E-state index in [0.29, 0.717) is 12.2 Å². The fraction of sp³-hybridized carbons (Fsp3) is 0.462. The van der Waals surface area contributed by atoms with Gasteiger partial charge in [0.2, 0.25) is 0 Å². The summed E-state index contributed by atoms with van der Waals surface area (Å²) in [5.74, 6) is -0.600. The third kappa shape index (κ3) is 3.73. The standard InChI is InChI=1S/C13H18FNO2/c1-4-9(3)15-13(16)10-6-7-12(17-5-2)11(14)8-10/h6-9H,4-5H2,1-3H3,(H,15,16). The molecule has 0 saturated carbocycles. The van der Waals surface area contributed by atoms with Crippen molar-refractivity contribution in [2.75, 3.05) is 6.61 Å². The van der Waals surface area contributed by atoms with Gasteiger partial charge in [0.15, 0.2) is 11.6 Å². The molecule has 1 N–H and O–H groups in total. The van der Waals surface area contributed by atoms with E-state index in [1.54, 1.807) is 13.0 Å². The van der Waals surface area contributed by atoms with Crippen molar-refractivity contribution >= 4 is 5.91 Å². The minimum atomic E-state index is -0.511. The van der Waals surface area contributed by atoms with Gasteiger partial charge in [-0.25, -0.2) is 4.39 Å². The molecule has 1 aromatic rings. The monoisotopic (exact) mass is 239 g/mol. The van der Waals surface area contributed by atoms with Crippen molar-refractivity contribution in [2.45, 2.75) is 33.2 Å². The Bertz CT molecular complexity index is 393. The number of halogens is 1.